The third-order valence-corrected chi connectivity index (χ3v) is 1.10. The monoisotopic (exact) mass is 94.1 g/mol. The predicted octanol–water partition coefficient (Wildman–Crippen LogP) is 0.998. The maximum atomic E-state index is 4.99. The van der Waals surface area contributed by atoms with Crippen LogP contribution in [0.2, 0.25) is 5.09 Å². The Hall–Kier alpha value is 0.557. The molecule has 0 aliphatic rings. The number of hydrogen-bond donors (Lipinski definition) is 0. The summed E-state index contributed by atoms with van der Waals surface area (Å²) in [6.07, 6.45) is 1.63. The van der Waals surface area contributed by atoms with Crippen molar-refractivity contribution in [3.05, 3.63) is 0 Å². The van der Waals surface area contributed by atoms with E-state index < -0.39 is 0 Å². The Labute approximate surface area is 54.6 Å². The molecule has 0 aliphatic carbocycles. The third kappa shape index (κ3) is 4.41. The van der Waals surface area contributed by atoms with Crippen LogP contribution in [0, 0.1) is 0 Å². The van der Waals surface area contributed by atoms with E-state index in [0.717, 1.165) is 0 Å². The van der Waals surface area contributed by atoms with E-state index in [1.807, 2.05) is 0 Å². The molecule has 0 spiro atoms. The van der Waals surface area contributed by atoms with E-state index in [2.05, 4.69) is 24.6 Å². The second-order valence-corrected chi connectivity index (χ2v) is 1.83. The number of hydrogen-bond acceptors (Lipinski definition) is 1. The van der Waals surface area contributed by atoms with Gasteiger partial charge in [0.05, 0.1) is 0 Å². The van der Waals surface area contributed by atoms with Crippen molar-refractivity contribution in [3.63, 3.8) is 0 Å². The molecule has 0 rings (SSSR count). The predicted molar refractivity (Wildman–Crippen MR) is 31.6 cm³/mol. The zero-order valence-electron chi connectivity index (χ0n) is 5.40. The molecule has 0 heterocycles. The average Bonchev–Trinajstić information content (AvgIpc) is 1.68. The van der Waals surface area contributed by atoms with Gasteiger partial charge >= 0.3 is 54.1 Å². The van der Waals surface area contributed by atoms with Gasteiger partial charge in [-0.05, 0) is 0 Å². The number of ether oxygens (including phenoxy) is 1. The first-order valence-corrected chi connectivity index (χ1v) is 2.84. The maximum absolute atomic E-state index is 4.99. The van der Waals surface area contributed by atoms with E-state index in [9.17, 15) is 0 Å². The molecule has 0 aromatic heterocycles. The van der Waals surface area contributed by atoms with Crippen LogP contribution >= 0.6 is 0 Å². The molecule has 0 aromatic carbocycles. The van der Waals surface area contributed by atoms with Gasteiger partial charge < -0.3 is 0 Å². The summed E-state index contributed by atoms with van der Waals surface area (Å²) in [6.45, 7) is 2.09. The first kappa shape index (κ1) is 7.56. The molecule has 0 fully saturated rings. The molecule has 7 heavy (non-hydrogen) atoms. The number of rotatable bonds is 3. The zero-order chi connectivity index (χ0) is 5.70. The number of methoxy groups -OCH3 is 1. The molecule has 1 nitrogen and oxygen atoms in total. The van der Waals surface area contributed by atoms with Gasteiger partial charge in [0.15, 0.2) is 0 Å². The van der Waals surface area contributed by atoms with Crippen molar-refractivity contribution in [2.24, 2.45) is 0 Å². The van der Waals surface area contributed by atoms with E-state index in [-0.39, 0.29) is 0 Å². The van der Waals surface area contributed by atoms with E-state index in [1.54, 1.807) is 7.11 Å². The van der Waals surface area contributed by atoms with Gasteiger partial charge in [-0.3, -0.25) is 0 Å². The topological polar surface area (TPSA) is 9.23 Å². The summed E-state index contributed by atoms with van der Waals surface area (Å²) in [7, 11) is 1.75. The van der Waals surface area contributed by atoms with Gasteiger partial charge in [0.25, 0.3) is 0 Å². The molecular weight excluding hydrogens is 83.0 g/mol. The quantitative estimate of drug-likeness (QED) is 0.474. The van der Waals surface area contributed by atoms with Crippen LogP contribution in [0.15, 0.2) is 0 Å². The Morgan fingerprint density at radius 1 is 1.71 bits per heavy atom. The molecule has 38 valence electrons. The van der Waals surface area contributed by atoms with E-state index >= 15 is 0 Å². The standard InChI is InChI=1S/C5H11O.Li/c1-4-5(2)6-3;/h5H,1,4H2,2-3H3;. The fraction of sp³-hybridized carbons (Fsp3) is 1.00. The van der Waals surface area contributed by atoms with Crippen molar-refractivity contribution in [1.29, 1.82) is 0 Å². The Morgan fingerprint density at radius 3 is 2.43 bits per heavy atom. The minimum atomic E-state index is 0.449. The molecule has 0 aliphatic heterocycles. The average molecular weight is 94.1 g/mol. The van der Waals surface area contributed by atoms with Crippen LogP contribution in [0.4, 0.5) is 0 Å². The van der Waals surface area contributed by atoms with E-state index in [4.69, 9.17) is 4.74 Å². The van der Waals surface area contributed by atoms with Gasteiger partial charge in [0.2, 0.25) is 0 Å². The summed E-state index contributed by atoms with van der Waals surface area (Å²) < 4.78 is 4.99. The molecule has 1 unspecified atom stereocenters. The molecule has 1 atom stereocenters. The molecule has 2 heteroatoms. The van der Waals surface area contributed by atoms with Gasteiger partial charge in [-0.2, -0.15) is 0 Å². The normalized spacial score (nSPS) is 14.3. The first-order chi connectivity index (χ1) is 3.31. The van der Waals surface area contributed by atoms with Crippen molar-refractivity contribution in [2.75, 3.05) is 7.11 Å². The van der Waals surface area contributed by atoms with E-state index in [0.29, 0.717) is 6.10 Å². The summed E-state index contributed by atoms with van der Waals surface area (Å²) in [4.78, 5) is 0. The fourth-order valence-electron chi connectivity index (χ4n) is 0.524. The van der Waals surface area contributed by atoms with Crippen LogP contribution in [-0.2, 0) is 4.74 Å². The summed E-state index contributed by atoms with van der Waals surface area (Å²) in [5.74, 6) is 0. The molecule has 0 saturated carbocycles. The molecule has 0 radical (unpaired) electrons. The SMILES string of the molecule is [Li][CH2]CC(C)OC. The van der Waals surface area contributed by atoms with Crippen LogP contribution in [0.5, 0.6) is 0 Å². The second-order valence-electron chi connectivity index (χ2n) is 1.83. The Morgan fingerprint density at radius 2 is 2.29 bits per heavy atom. The van der Waals surface area contributed by atoms with Crippen LogP contribution in [0.1, 0.15) is 13.3 Å². The Kier molecular flexibility index (Phi) is 5.08. The molecule has 0 bridgehead atoms. The summed E-state index contributed by atoms with van der Waals surface area (Å²) in [5.41, 5.74) is 0. The van der Waals surface area contributed by atoms with Crippen molar-refractivity contribution < 1.29 is 4.74 Å². The third-order valence-electron chi connectivity index (χ3n) is 1.10. The van der Waals surface area contributed by atoms with Gasteiger partial charge in [-0.15, -0.1) is 0 Å². The van der Waals surface area contributed by atoms with Gasteiger partial charge in [-0.1, -0.05) is 0 Å². The van der Waals surface area contributed by atoms with E-state index in [1.165, 1.54) is 11.5 Å². The Bertz CT molecular complexity index is 39.1. The molecular formula is C5H11LiO. The minimum absolute atomic E-state index is 0.449. The van der Waals surface area contributed by atoms with Gasteiger partial charge in [0, 0.05) is 0 Å². The fourth-order valence-corrected chi connectivity index (χ4v) is 0.524. The molecule has 0 amide bonds. The van der Waals surface area contributed by atoms with Crippen LogP contribution in [-0.4, -0.2) is 30.9 Å². The summed E-state index contributed by atoms with van der Waals surface area (Å²) in [5, 5.41) is 1.22. The molecule has 0 aromatic rings. The van der Waals surface area contributed by atoms with Gasteiger partial charge in [0.1, 0.15) is 0 Å². The summed E-state index contributed by atoms with van der Waals surface area (Å²) in [6, 6.07) is 0. The van der Waals surface area contributed by atoms with Crippen LogP contribution in [0.3, 0.4) is 0 Å². The van der Waals surface area contributed by atoms with Crippen molar-refractivity contribution in [1.82, 2.24) is 0 Å². The van der Waals surface area contributed by atoms with Crippen LogP contribution in [0.25, 0.3) is 0 Å². The first-order valence-electron chi connectivity index (χ1n) is 2.84. The van der Waals surface area contributed by atoms with Crippen molar-refractivity contribution in [2.45, 2.75) is 24.5 Å². The van der Waals surface area contributed by atoms with Gasteiger partial charge in [-0.25, -0.2) is 0 Å². The molecule has 0 saturated heterocycles. The molecule has 0 N–H and O–H groups in total. The zero-order valence-corrected chi connectivity index (χ0v) is 5.40. The summed E-state index contributed by atoms with van der Waals surface area (Å²) >= 11 is 2.16. The Balaban J connectivity index is 2.83. The second kappa shape index (κ2) is 4.71. The van der Waals surface area contributed by atoms with Crippen LogP contribution < -0.4 is 0 Å². The van der Waals surface area contributed by atoms with Crippen molar-refractivity contribution in [3.8, 4) is 0 Å². The van der Waals surface area contributed by atoms with Crippen molar-refractivity contribution >= 4 is 17.7 Å².